The lowest BCUT2D eigenvalue weighted by molar-refractivity contribution is 0.0948. The highest BCUT2D eigenvalue weighted by atomic mass is 32.2. The van der Waals surface area contributed by atoms with Crippen molar-refractivity contribution in [3.63, 3.8) is 0 Å². The average Bonchev–Trinajstić information content (AvgIpc) is 3.51. The highest BCUT2D eigenvalue weighted by molar-refractivity contribution is 7.98. The fraction of sp³-hybridized carbons (Fsp3) is 0.362. The van der Waals surface area contributed by atoms with E-state index in [1.54, 1.807) is 26.0 Å². The second-order valence-corrected chi connectivity index (χ2v) is 16.3. The summed E-state index contributed by atoms with van der Waals surface area (Å²) in [6.07, 6.45) is 18.5. The van der Waals surface area contributed by atoms with Crippen molar-refractivity contribution in [2.75, 3.05) is 33.7 Å². The van der Waals surface area contributed by atoms with E-state index in [0.29, 0.717) is 11.2 Å². The summed E-state index contributed by atoms with van der Waals surface area (Å²) < 4.78 is 25.1. The zero-order chi connectivity index (χ0) is 36.2. The molecule has 1 heterocycles. The predicted octanol–water partition coefficient (Wildman–Crippen LogP) is 11.1. The third-order valence-electron chi connectivity index (χ3n) is 13.0. The van der Waals surface area contributed by atoms with Crippen LogP contribution in [0.3, 0.4) is 0 Å². The maximum Gasteiger partial charge on any atom is 0.178 e. The topological polar surface area (TPSA) is 57.2 Å². The molecule has 1 N–H and O–H groups in total. The Morgan fingerprint density at radius 2 is 1.45 bits per heavy atom. The van der Waals surface area contributed by atoms with Gasteiger partial charge in [-0.15, -0.1) is 11.8 Å². The Bertz CT molecular complexity index is 2190. The molecule has 272 valence electrons. The van der Waals surface area contributed by atoms with Crippen LogP contribution in [-0.4, -0.2) is 38.8 Å². The number of aliphatic hydroxyl groups is 1. The summed E-state index contributed by atoms with van der Waals surface area (Å²) in [4.78, 5) is 1.12. The summed E-state index contributed by atoms with van der Waals surface area (Å²) >= 11 is 1.73. The van der Waals surface area contributed by atoms with Gasteiger partial charge in [0.2, 0.25) is 0 Å². The molecule has 6 heteroatoms. The third kappa shape index (κ3) is 5.39. The molecule has 5 aromatic rings. The Morgan fingerprint density at radius 3 is 2.11 bits per heavy atom. The summed E-state index contributed by atoms with van der Waals surface area (Å²) in [5.74, 6) is 3.25. The molecule has 0 aromatic heterocycles. The number of aliphatic hydroxyl groups excluding tert-OH is 1. The first-order valence-electron chi connectivity index (χ1n) is 19.2. The molecule has 0 amide bonds. The van der Waals surface area contributed by atoms with E-state index >= 15 is 0 Å². The zero-order valence-corrected chi connectivity index (χ0v) is 31.8. The molecule has 0 bridgehead atoms. The van der Waals surface area contributed by atoms with Crippen molar-refractivity contribution in [1.29, 1.82) is 0 Å². The summed E-state index contributed by atoms with van der Waals surface area (Å²) in [5.41, 5.74) is 8.30. The lowest BCUT2D eigenvalue weighted by atomic mass is 9.56. The Labute approximate surface area is 317 Å². The fourth-order valence-corrected chi connectivity index (χ4v) is 10.9. The second-order valence-electron chi connectivity index (χ2n) is 15.4. The highest BCUT2D eigenvalue weighted by Gasteiger charge is 2.52. The number of benzene rings is 5. The molecule has 2 fully saturated rings. The van der Waals surface area contributed by atoms with Crippen LogP contribution in [0.5, 0.6) is 23.0 Å². The molecule has 2 saturated carbocycles. The lowest BCUT2D eigenvalue weighted by Crippen LogP contribution is -2.39. The Kier molecular flexibility index (Phi) is 8.74. The molecule has 0 radical (unpaired) electrons. The molecule has 0 saturated heterocycles. The minimum Gasteiger partial charge on any atom is -0.497 e. The first-order chi connectivity index (χ1) is 26.0. The van der Waals surface area contributed by atoms with Gasteiger partial charge in [-0.2, -0.15) is 0 Å². The zero-order valence-electron chi connectivity index (χ0n) is 31.0. The van der Waals surface area contributed by atoms with E-state index in [-0.39, 0.29) is 18.6 Å². The molecule has 3 aliphatic carbocycles. The van der Waals surface area contributed by atoms with Gasteiger partial charge in [-0.1, -0.05) is 73.9 Å². The van der Waals surface area contributed by atoms with E-state index in [0.717, 1.165) is 51.5 Å². The molecule has 1 unspecified atom stereocenters. The van der Waals surface area contributed by atoms with E-state index in [1.807, 2.05) is 24.3 Å². The SMILES string of the molecule is COc1ccc(C2(c3ccc(OCCO)cc3)C=Cc3c4c(c5cc(SC)c(OC)cc5c3O2)-c2ccccc2C42CCC3(CCCCC3)CC2)cc1. The smallest absolute Gasteiger partial charge is 0.178 e. The number of methoxy groups -OCH3 is 2. The maximum absolute atomic E-state index is 9.37. The van der Waals surface area contributed by atoms with Gasteiger partial charge in [0.05, 0.1) is 20.8 Å². The quantitative estimate of drug-likeness (QED) is 0.161. The minimum atomic E-state index is -0.932. The molecule has 1 aliphatic heterocycles. The van der Waals surface area contributed by atoms with Gasteiger partial charge in [-0.05, 0) is 120 Å². The summed E-state index contributed by atoms with van der Waals surface area (Å²) in [6, 6.07) is 30.1. The van der Waals surface area contributed by atoms with Gasteiger partial charge < -0.3 is 24.1 Å². The molecular weight excluding hydrogens is 677 g/mol. The molecule has 2 spiro atoms. The van der Waals surface area contributed by atoms with Crippen molar-refractivity contribution < 1.29 is 24.1 Å². The number of ether oxygens (including phenoxy) is 4. The molecule has 9 rings (SSSR count). The van der Waals surface area contributed by atoms with Gasteiger partial charge >= 0.3 is 0 Å². The molecule has 4 aliphatic rings. The van der Waals surface area contributed by atoms with Crippen LogP contribution in [0.4, 0.5) is 0 Å². The van der Waals surface area contributed by atoms with Crippen molar-refractivity contribution in [3.8, 4) is 34.1 Å². The standard InChI is InChI=1S/C47H48O5S/c1-49-33-15-11-31(12-16-33)47(32-13-17-34(18-14-32)51-28-27-48)22-19-36-43-42(37-30-41(53-3)40(50-2)29-38(37)44(36)52-47)35-9-5-6-10-39(35)46(43)25-23-45(24-26-46)20-7-4-8-21-45/h5-6,9-19,22,29-30,48H,4,7-8,20-21,23-28H2,1-3H3. The average molecular weight is 725 g/mol. The largest absolute Gasteiger partial charge is 0.497 e. The van der Waals surface area contributed by atoms with Crippen LogP contribution < -0.4 is 18.9 Å². The molecular formula is C47H48O5S. The summed E-state index contributed by atoms with van der Waals surface area (Å²) in [6.45, 7) is 0.209. The minimum absolute atomic E-state index is 0.0361. The van der Waals surface area contributed by atoms with Crippen molar-refractivity contribution in [1.82, 2.24) is 0 Å². The first-order valence-corrected chi connectivity index (χ1v) is 20.4. The van der Waals surface area contributed by atoms with Crippen molar-refractivity contribution >= 4 is 28.6 Å². The number of hydrogen-bond acceptors (Lipinski definition) is 6. The van der Waals surface area contributed by atoms with Crippen molar-refractivity contribution in [2.24, 2.45) is 5.41 Å². The fourth-order valence-electron chi connectivity index (χ4n) is 10.3. The Balaban J connectivity index is 1.30. The molecule has 5 aromatic carbocycles. The number of fused-ring (bicyclic) bond motifs is 10. The van der Waals surface area contributed by atoms with Gasteiger partial charge in [-0.3, -0.25) is 0 Å². The van der Waals surface area contributed by atoms with Gasteiger partial charge in [-0.25, -0.2) is 0 Å². The van der Waals surface area contributed by atoms with Gasteiger partial charge in [0.25, 0.3) is 0 Å². The predicted molar refractivity (Wildman–Crippen MR) is 215 cm³/mol. The Morgan fingerprint density at radius 1 is 0.755 bits per heavy atom. The van der Waals surface area contributed by atoms with E-state index in [2.05, 4.69) is 79.1 Å². The van der Waals surface area contributed by atoms with Crippen LogP contribution in [-0.2, 0) is 11.0 Å². The maximum atomic E-state index is 9.37. The van der Waals surface area contributed by atoms with Crippen molar-refractivity contribution in [3.05, 3.63) is 119 Å². The second kappa shape index (κ2) is 13.5. The van der Waals surface area contributed by atoms with Crippen molar-refractivity contribution in [2.45, 2.75) is 73.7 Å². The monoisotopic (exact) mass is 724 g/mol. The number of rotatable bonds is 8. The van der Waals surface area contributed by atoms with Gasteiger partial charge in [0.15, 0.2) is 5.60 Å². The summed E-state index contributed by atoms with van der Waals surface area (Å²) in [7, 11) is 3.46. The van der Waals surface area contributed by atoms with E-state index in [1.165, 1.54) is 78.1 Å². The molecule has 1 atom stereocenters. The lowest BCUT2D eigenvalue weighted by Gasteiger charge is -2.48. The third-order valence-corrected chi connectivity index (χ3v) is 13.7. The van der Waals surface area contributed by atoms with Gasteiger partial charge in [0.1, 0.15) is 29.6 Å². The van der Waals surface area contributed by atoms with Gasteiger partial charge in [0, 0.05) is 32.4 Å². The van der Waals surface area contributed by atoms with E-state index in [9.17, 15) is 5.11 Å². The van der Waals surface area contributed by atoms with E-state index in [4.69, 9.17) is 18.9 Å². The van der Waals surface area contributed by atoms with Crippen LogP contribution in [0.2, 0.25) is 0 Å². The van der Waals surface area contributed by atoms with Crippen LogP contribution in [0.1, 0.15) is 85.6 Å². The van der Waals surface area contributed by atoms with Crippen LogP contribution in [0.15, 0.2) is 95.9 Å². The number of hydrogen-bond donors (Lipinski definition) is 1. The van der Waals surface area contributed by atoms with E-state index < -0.39 is 5.60 Å². The first kappa shape index (κ1) is 34.4. The number of thioether (sulfide) groups is 1. The van der Waals surface area contributed by atoms with Crippen LogP contribution in [0.25, 0.3) is 28.0 Å². The summed E-state index contributed by atoms with van der Waals surface area (Å²) in [5, 5.41) is 11.7. The van der Waals surface area contributed by atoms with Crippen LogP contribution in [0, 0.1) is 5.41 Å². The highest BCUT2D eigenvalue weighted by Crippen LogP contribution is 2.65. The Hall–Kier alpha value is -4.39. The molecule has 53 heavy (non-hydrogen) atoms. The van der Waals surface area contributed by atoms with Crippen LogP contribution >= 0.6 is 11.8 Å². The molecule has 5 nitrogen and oxygen atoms in total. The normalized spacial score (nSPS) is 20.5.